The summed E-state index contributed by atoms with van der Waals surface area (Å²) in [5, 5.41) is 5.99. The van der Waals surface area contributed by atoms with Crippen LogP contribution in [0.3, 0.4) is 0 Å². The molecule has 0 aliphatic heterocycles. The lowest BCUT2D eigenvalue weighted by molar-refractivity contribution is 0.102. The van der Waals surface area contributed by atoms with Crippen molar-refractivity contribution in [1.29, 1.82) is 0 Å². The van der Waals surface area contributed by atoms with Gasteiger partial charge in [0.05, 0.1) is 5.56 Å². The van der Waals surface area contributed by atoms with Crippen LogP contribution < -0.4 is 10.6 Å². The first kappa shape index (κ1) is 17.1. The van der Waals surface area contributed by atoms with Gasteiger partial charge in [-0.05, 0) is 55.3 Å². The van der Waals surface area contributed by atoms with Crippen molar-refractivity contribution in [2.45, 2.75) is 13.8 Å². The molecule has 2 aromatic carbocycles. The van der Waals surface area contributed by atoms with E-state index in [9.17, 15) is 4.79 Å². The van der Waals surface area contributed by atoms with Crippen LogP contribution in [0.15, 0.2) is 59.3 Å². The number of anilines is 3. The van der Waals surface area contributed by atoms with Crippen LogP contribution in [0.2, 0.25) is 0 Å². The van der Waals surface area contributed by atoms with Gasteiger partial charge in [0.2, 0.25) is 5.95 Å². The highest BCUT2D eigenvalue weighted by atomic mass is 79.9. The average Bonchev–Trinajstić information content (AvgIpc) is 2.58. The number of hydrogen-bond acceptors (Lipinski definition) is 4. The molecule has 0 unspecified atom stereocenters. The van der Waals surface area contributed by atoms with Gasteiger partial charge in [0, 0.05) is 28.2 Å². The van der Waals surface area contributed by atoms with Gasteiger partial charge in [0.15, 0.2) is 0 Å². The molecule has 0 fully saturated rings. The second-order valence-electron chi connectivity index (χ2n) is 5.70. The molecule has 1 aromatic heterocycles. The highest BCUT2D eigenvalue weighted by Gasteiger charge is 2.08. The Bertz CT molecular complexity index is 910. The summed E-state index contributed by atoms with van der Waals surface area (Å²) in [5.74, 6) is 0.203. The van der Waals surface area contributed by atoms with Gasteiger partial charge in [-0.15, -0.1) is 0 Å². The lowest BCUT2D eigenvalue weighted by Crippen LogP contribution is -2.13. The molecule has 0 atom stereocenters. The van der Waals surface area contributed by atoms with E-state index >= 15 is 0 Å². The Morgan fingerprint density at radius 2 is 1.80 bits per heavy atom. The monoisotopic (exact) mass is 396 g/mol. The molecule has 1 heterocycles. The summed E-state index contributed by atoms with van der Waals surface area (Å²) in [6.07, 6.45) is 3.02. The zero-order valence-electron chi connectivity index (χ0n) is 13.9. The molecule has 1 amide bonds. The summed E-state index contributed by atoms with van der Waals surface area (Å²) in [4.78, 5) is 20.7. The van der Waals surface area contributed by atoms with E-state index in [1.54, 1.807) is 0 Å². The lowest BCUT2D eigenvalue weighted by Gasteiger charge is -2.09. The van der Waals surface area contributed by atoms with Gasteiger partial charge >= 0.3 is 0 Å². The number of hydrogen-bond donors (Lipinski definition) is 2. The van der Waals surface area contributed by atoms with Gasteiger partial charge in [0.1, 0.15) is 0 Å². The highest BCUT2D eigenvalue weighted by Crippen LogP contribution is 2.22. The number of carbonyl (C=O) groups is 1. The van der Waals surface area contributed by atoms with Crippen molar-refractivity contribution in [1.82, 2.24) is 9.97 Å². The van der Waals surface area contributed by atoms with Crippen LogP contribution in [0.25, 0.3) is 0 Å². The summed E-state index contributed by atoms with van der Waals surface area (Å²) < 4.78 is 1.01. The molecule has 0 saturated carbocycles. The minimum Gasteiger partial charge on any atom is -0.324 e. The fourth-order valence-electron chi connectivity index (χ4n) is 2.32. The quantitative estimate of drug-likeness (QED) is 0.661. The van der Waals surface area contributed by atoms with Crippen LogP contribution in [-0.2, 0) is 0 Å². The number of rotatable bonds is 4. The zero-order valence-corrected chi connectivity index (χ0v) is 15.5. The van der Waals surface area contributed by atoms with Crippen molar-refractivity contribution >= 4 is 39.2 Å². The topological polar surface area (TPSA) is 66.9 Å². The molecule has 0 aliphatic rings. The molecule has 5 nitrogen and oxygen atoms in total. The number of amides is 1. The fraction of sp³-hybridized carbons (Fsp3) is 0.105. The van der Waals surface area contributed by atoms with E-state index in [4.69, 9.17) is 0 Å². The first-order chi connectivity index (χ1) is 12.0. The van der Waals surface area contributed by atoms with E-state index in [0.29, 0.717) is 11.5 Å². The van der Waals surface area contributed by atoms with Gasteiger partial charge in [0.25, 0.3) is 5.91 Å². The minimum atomic E-state index is -0.239. The van der Waals surface area contributed by atoms with Gasteiger partial charge in [-0.2, -0.15) is 0 Å². The first-order valence-corrected chi connectivity index (χ1v) is 8.54. The highest BCUT2D eigenvalue weighted by molar-refractivity contribution is 9.10. The molecular weight excluding hydrogens is 380 g/mol. The van der Waals surface area contributed by atoms with Crippen molar-refractivity contribution in [3.05, 3.63) is 76.0 Å². The molecular formula is C19H17BrN4O. The Hall–Kier alpha value is -2.73. The van der Waals surface area contributed by atoms with Crippen LogP contribution in [-0.4, -0.2) is 15.9 Å². The second kappa shape index (κ2) is 7.44. The Balaban J connectivity index is 1.70. The fourth-order valence-corrected chi connectivity index (χ4v) is 2.80. The van der Waals surface area contributed by atoms with Crippen molar-refractivity contribution < 1.29 is 4.79 Å². The SMILES string of the molecule is Cc1cccc(NC(=O)c2cnc(Nc3ccc(Br)cc3C)nc2)c1. The Morgan fingerprint density at radius 1 is 1.04 bits per heavy atom. The molecule has 0 bridgehead atoms. The second-order valence-corrected chi connectivity index (χ2v) is 6.62. The van der Waals surface area contributed by atoms with E-state index < -0.39 is 0 Å². The standard InChI is InChI=1S/C19H17BrN4O/c1-12-4-3-5-16(8-12)23-18(25)14-10-21-19(22-11-14)24-17-7-6-15(20)9-13(17)2/h3-11H,1-2H3,(H,23,25)(H,21,22,24). The molecule has 0 radical (unpaired) electrons. The van der Waals surface area contributed by atoms with Crippen LogP contribution in [0.4, 0.5) is 17.3 Å². The van der Waals surface area contributed by atoms with Crippen molar-refractivity contribution in [2.75, 3.05) is 10.6 Å². The Kier molecular flexibility index (Phi) is 5.09. The number of benzene rings is 2. The molecule has 2 N–H and O–H groups in total. The zero-order chi connectivity index (χ0) is 17.8. The van der Waals surface area contributed by atoms with Gasteiger partial charge in [-0.3, -0.25) is 4.79 Å². The van der Waals surface area contributed by atoms with Gasteiger partial charge < -0.3 is 10.6 Å². The summed E-state index contributed by atoms with van der Waals surface area (Å²) in [5.41, 5.74) is 4.22. The normalized spacial score (nSPS) is 10.4. The summed E-state index contributed by atoms with van der Waals surface area (Å²) in [7, 11) is 0. The third-order valence-electron chi connectivity index (χ3n) is 3.62. The number of aromatic nitrogens is 2. The molecule has 25 heavy (non-hydrogen) atoms. The molecule has 0 spiro atoms. The van der Waals surface area contributed by atoms with E-state index in [2.05, 4.69) is 36.5 Å². The van der Waals surface area contributed by atoms with E-state index in [1.165, 1.54) is 12.4 Å². The molecule has 126 valence electrons. The minimum absolute atomic E-state index is 0.239. The number of aryl methyl sites for hydroxylation is 2. The molecule has 0 saturated heterocycles. The summed E-state index contributed by atoms with van der Waals surface area (Å²) >= 11 is 3.44. The van der Waals surface area contributed by atoms with Crippen molar-refractivity contribution in [2.24, 2.45) is 0 Å². The van der Waals surface area contributed by atoms with Gasteiger partial charge in [-0.25, -0.2) is 9.97 Å². The largest absolute Gasteiger partial charge is 0.324 e. The van der Waals surface area contributed by atoms with Crippen LogP contribution in [0.1, 0.15) is 21.5 Å². The maximum Gasteiger partial charge on any atom is 0.258 e. The summed E-state index contributed by atoms with van der Waals surface area (Å²) in [6, 6.07) is 13.5. The van der Waals surface area contributed by atoms with Crippen LogP contribution >= 0.6 is 15.9 Å². The first-order valence-electron chi connectivity index (χ1n) is 7.74. The molecule has 0 aliphatic carbocycles. The maximum absolute atomic E-state index is 12.3. The average molecular weight is 397 g/mol. The molecule has 3 rings (SSSR count). The number of carbonyl (C=O) groups excluding carboxylic acids is 1. The number of nitrogens with one attached hydrogen (secondary N) is 2. The summed E-state index contributed by atoms with van der Waals surface area (Å²) in [6.45, 7) is 3.97. The van der Waals surface area contributed by atoms with E-state index in [1.807, 2.05) is 56.3 Å². The Morgan fingerprint density at radius 3 is 2.48 bits per heavy atom. The Labute approximate surface area is 154 Å². The van der Waals surface area contributed by atoms with Crippen LogP contribution in [0, 0.1) is 13.8 Å². The van der Waals surface area contributed by atoms with Crippen LogP contribution in [0.5, 0.6) is 0 Å². The predicted molar refractivity (Wildman–Crippen MR) is 103 cm³/mol. The maximum atomic E-state index is 12.3. The molecule has 3 aromatic rings. The smallest absolute Gasteiger partial charge is 0.258 e. The molecule has 6 heteroatoms. The lowest BCUT2D eigenvalue weighted by atomic mass is 10.2. The third kappa shape index (κ3) is 4.42. The predicted octanol–water partition coefficient (Wildman–Crippen LogP) is 4.85. The third-order valence-corrected chi connectivity index (χ3v) is 4.12. The van der Waals surface area contributed by atoms with E-state index in [-0.39, 0.29) is 5.91 Å². The van der Waals surface area contributed by atoms with Crippen molar-refractivity contribution in [3.8, 4) is 0 Å². The number of nitrogens with zero attached hydrogens (tertiary/aromatic N) is 2. The van der Waals surface area contributed by atoms with Crippen molar-refractivity contribution in [3.63, 3.8) is 0 Å². The number of halogens is 1. The van der Waals surface area contributed by atoms with E-state index in [0.717, 1.165) is 27.0 Å². The van der Waals surface area contributed by atoms with Gasteiger partial charge in [-0.1, -0.05) is 28.1 Å².